The maximum atomic E-state index is 13.6. The number of fused-ring (bicyclic) bond motifs is 1. The predicted octanol–water partition coefficient (Wildman–Crippen LogP) is 1.68. The van der Waals surface area contributed by atoms with Crippen molar-refractivity contribution in [3.8, 4) is 0 Å². The van der Waals surface area contributed by atoms with E-state index in [1.165, 1.54) is 26.1 Å². The van der Waals surface area contributed by atoms with E-state index in [2.05, 4.69) is 0 Å². The first-order chi connectivity index (χ1) is 7.95. The molecule has 0 atom stereocenters. The lowest BCUT2D eigenvalue weighted by atomic mass is 10.0. The number of pyridine rings is 1. The molecular formula is C12H10FNO3. The number of carboxylic acids is 1. The van der Waals surface area contributed by atoms with E-state index in [1.807, 2.05) is 0 Å². The molecule has 0 amide bonds. The van der Waals surface area contributed by atoms with Crippen LogP contribution in [0.2, 0.25) is 0 Å². The summed E-state index contributed by atoms with van der Waals surface area (Å²) in [5, 5.41) is 9.43. The van der Waals surface area contributed by atoms with Crippen LogP contribution in [0, 0.1) is 12.7 Å². The Bertz CT molecular complexity index is 688. The van der Waals surface area contributed by atoms with Gasteiger partial charge >= 0.3 is 5.97 Å². The van der Waals surface area contributed by atoms with Gasteiger partial charge in [0.05, 0.1) is 5.52 Å². The highest BCUT2D eigenvalue weighted by Crippen LogP contribution is 2.21. The molecule has 0 saturated heterocycles. The third kappa shape index (κ3) is 1.51. The Balaban J connectivity index is 3.12. The smallest absolute Gasteiger partial charge is 0.341 e. The molecule has 1 heterocycles. The second-order valence-corrected chi connectivity index (χ2v) is 3.81. The van der Waals surface area contributed by atoms with Crippen molar-refractivity contribution in [2.75, 3.05) is 0 Å². The number of halogens is 1. The molecule has 4 nitrogen and oxygen atoms in total. The first kappa shape index (κ1) is 11.3. The molecule has 0 unspecified atom stereocenters. The number of aryl methyl sites for hydroxylation is 2. The zero-order valence-electron chi connectivity index (χ0n) is 9.32. The molecule has 0 bridgehead atoms. The van der Waals surface area contributed by atoms with E-state index in [0.29, 0.717) is 5.39 Å². The lowest BCUT2D eigenvalue weighted by Crippen LogP contribution is -2.26. The van der Waals surface area contributed by atoms with Crippen molar-refractivity contribution in [2.45, 2.75) is 6.92 Å². The summed E-state index contributed by atoms with van der Waals surface area (Å²) < 4.78 is 14.7. The van der Waals surface area contributed by atoms with Gasteiger partial charge in [0.25, 0.3) is 5.56 Å². The van der Waals surface area contributed by atoms with Crippen molar-refractivity contribution in [1.29, 1.82) is 0 Å². The Morgan fingerprint density at radius 3 is 2.65 bits per heavy atom. The van der Waals surface area contributed by atoms with E-state index in [0.717, 1.165) is 4.57 Å². The zero-order chi connectivity index (χ0) is 12.7. The summed E-state index contributed by atoms with van der Waals surface area (Å²) in [6, 6.07) is 4.32. The maximum absolute atomic E-state index is 13.6. The van der Waals surface area contributed by atoms with Gasteiger partial charge in [0, 0.05) is 12.4 Å². The summed E-state index contributed by atoms with van der Waals surface area (Å²) in [5.41, 5.74) is -0.603. The predicted molar refractivity (Wildman–Crippen MR) is 60.8 cm³/mol. The van der Waals surface area contributed by atoms with Crippen molar-refractivity contribution >= 4 is 16.9 Å². The molecule has 1 N–H and O–H groups in total. The lowest BCUT2D eigenvalue weighted by Gasteiger charge is -2.10. The average molecular weight is 235 g/mol. The molecule has 1 aromatic heterocycles. The second-order valence-electron chi connectivity index (χ2n) is 3.81. The molecule has 17 heavy (non-hydrogen) atoms. The molecular weight excluding hydrogens is 225 g/mol. The van der Waals surface area contributed by atoms with Crippen LogP contribution in [-0.4, -0.2) is 15.6 Å². The largest absolute Gasteiger partial charge is 0.477 e. The van der Waals surface area contributed by atoms with Gasteiger partial charge in [-0.05, 0) is 18.6 Å². The Morgan fingerprint density at radius 1 is 1.41 bits per heavy atom. The fourth-order valence-corrected chi connectivity index (χ4v) is 1.98. The molecule has 0 aliphatic heterocycles. The molecule has 5 heteroatoms. The number of hydrogen-bond acceptors (Lipinski definition) is 2. The molecule has 0 spiro atoms. The number of nitrogens with zero attached hydrogens (tertiary/aromatic N) is 1. The van der Waals surface area contributed by atoms with Crippen molar-refractivity contribution in [1.82, 2.24) is 4.57 Å². The minimum atomic E-state index is -1.30. The summed E-state index contributed by atoms with van der Waals surface area (Å²) in [5.74, 6) is -1.84. The number of benzene rings is 1. The Kier molecular flexibility index (Phi) is 2.46. The normalized spacial score (nSPS) is 10.8. The van der Waals surface area contributed by atoms with Crippen LogP contribution in [0.1, 0.15) is 15.9 Å². The summed E-state index contributed by atoms with van der Waals surface area (Å²) in [6.07, 6.45) is 0. The molecule has 0 fully saturated rings. The Morgan fingerprint density at radius 2 is 2.06 bits per heavy atom. The molecule has 88 valence electrons. The van der Waals surface area contributed by atoms with Crippen molar-refractivity contribution in [3.05, 3.63) is 45.5 Å². The van der Waals surface area contributed by atoms with Crippen LogP contribution >= 0.6 is 0 Å². The fourth-order valence-electron chi connectivity index (χ4n) is 1.98. The minimum Gasteiger partial charge on any atom is -0.477 e. The van der Waals surface area contributed by atoms with Gasteiger partial charge in [0.15, 0.2) is 0 Å². The number of carbonyl (C=O) groups is 1. The third-order valence-electron chi connectivity index (χ3n) is 2.83. The molecule has 2 rings (SSSR count). The van der Waals surface area contributed by atoms with Crippen molar-refractivity contribution < 1.29 is 14.3 Å². The van der Waals surface area contributed by atoms with Crippen LogP contribution in [-0.2, 0) is 7.05 Å². The quantitative estimate of drug-likeness (QED) is 0.818. The van der Waals surface area contributed by atoms with Crippen LogP contribution in [0.15, 0.2) is 23.0 Å². The number of para-hydroxylation sites is 1. The minimum absolute atomic E-state index is 0.125. The van der Waals surface area contributed by atoms with E-state index < -0.39 is 17.3 Å². The monoisotopic (exact) mass is 235 g/mol. The van der Waals surface area contributed by atoms with Gasteiger partial charge < -0.3 is 9.67 Å². The summed E-state index contributed by atoms with van der Waals surface area (Å²) >= 11 is 0. The number of hydrogen-bond donors (Lipinski definition) is 1. The van der Waals surface area contributed by atoms with Gasteiger partial charge in [0.2, 0.25) is 0 Å². The van der Waals surface area contributed by atoms with E-state index >= 15 is 0 Å². The van der Waals surface area contributed by atoms with E-state index in [-0.39, 0.29) is 16.6 Å². The van der Waals surface area contributed by atoms with E-state index in [4.69, 9.17) is 5.11 Å². The summed E-state index contributed by atoms with van der Waals surface area (Å²) in [7, 11) is 1.36. The Labute approximate surface area is 95.9 Å². The lowest BCUT2D eigenvalue weighted by molar-refractivity contribution is 0.0694. The van der Waals surface area contributed by atoms with Gasteiger partial charge in [-0.25, -0.2) is 9.18 Å². The molecule has 0 aliphatic rings. The van der Waals surface area contributed by atoms with Gasteiger partial charge in [-0.2, -0.15) is 0 Å². The van der Waals surface area contributed by atoms with Gasteiger partial charge in [-0.1, -0.05) is 12.1 Å². The first-order valence-corrected chi connectivity index (χ1v) is 4.96. The SMILES string of the molecule is Cc1c(C(=O)O)c(=O)n(C)c2c(F)cccc12. The van der Waals surface area contributed by atoms with Crippen molar-refractivity contribution in [3.63, 3.8) is 0 Å². The highest BCUT2D eigenvalue weighted by molar-refractivity contribution is 5.96. The molecule has 0 radical (unpaired) electrons. The third-order valence-corrected chi connectivity index (χ3v) is 2.83. The van der Waals surface area contributed by atoms with Crippen LogP contribution < -0.4 is 5.56 Å². The molecule has 0 aliphatic carbocycles. The number of carboxylic acid groups (broad SMARTS) is 1. The highest BCUT2D eigenvalue weighted by atomic mass is 19.1. The standard InChI is InChI=1S/C12H10FNO3/c1-6-7-4-3-5-8(13)10(7)14(2)11(15)9(6)12(16)17/h3-5H,1-2H3,(H,16,17). The van der Waals surface area contributed by atoms with Crippen LogP contribution in [0.3, 0.4) is 0 Å². The average Bonchev–Trinajstić information content (AvgIpc) is 2.25. The topological polar surface area (TPSA) is 59.3 Å². The van der Waals surface area contributed by atoms with Crippen LogP contribution in [0.25, 0.3) is 10.9 Å². The van der Waals surface area contributed by atoms with E-state index in [1.54, 1.807) is 6.07 Å². The first-order valence-electron chi connectivity index (χ1n) is 4.96. The zero-order valence-corrected chi connectivity index (χ0v) is 9.32. The van der Waals surface area contributed by atoms with Crippen molar-refractivity contribution in [2.24, 2.45) is 7.05 Å². The fraction of sp³-hybridized carbons (Fsp3) is 0.167. The number of aromatic carboxylic acids is 1. The van der Waals surface area contributed by atoms with Crippen LogP contribution in [0.4, 0.5) is 4.39 Å². The Hall–Kier alpha value is -2.17. The van der Waals surface area contributed by atoms with Gasteiger partial charge in [0.1, 0.15) is 11.4 Å². The second kappa shape index (κ2) is 3.69. The maximum Gasteiger partial charge on any atom is 0.341 e. The molecule has 1 aromatic carbocycles. The number of rotatable bonds is 1. The highest BCUT2D eigenvalue weighted by Gasteiger charge is 2.19. The van der Waals surface area contributed by atoms with Gasteiger partial charge in [-0.3, -0.25) is 4.79 Å². The van der Waals surface area contributed by atoms with Crippen LogP contribution in [0.5, 0.6) is 0 Å². The molecule has 0 saturated carbocycles. The molecule has 2 aromatic rings. The summed E-state index contributed by atoms with van der Waals surface area (Å²) in [6.45, 7) is 1.51. The van der Waals surface area contributed by atoms with Gasteiger partial charge in [-0.15, -0.1) is 0 Å². The summed E-state index contributed by atoms with van der Waals surface area (Å²) in [4.78, 5) is 22.8. The van der Waals surface area contributed by atoms with E-state index in [9.17, 15) is 14.0 Å². The number of aromatic nitrogens is 1.